The van der Waals surface area contributed by atoms with Crippen molar-refractivity contribution in [1.29, 1.82) is 0 Å². The summed E-state index contributed by atoms with van der Waals surface area (Å²) in [6.07, 6.45) is 4.33. The Hall–Kier alpha value is -3.48. The van der Waals surface area contributed by atoms with Crippen LogP contribution in [-0.2, 0) is 13.0 Å². The first-order valence-electron chi connectivity index (χ1n) is 10.2. The standard InChI is InChI=1S/C23H28N4O3/c1-3-29-21-10-9-18(16-22(21)30-4-2)11-13-24-23(28)25-17-19-7-5-8-20(15-19)27-14-6-12-26-27/h5-10,12,14-16H,3-4,11,13,17H2,1-2H3,(H2,24,25,28). The molecule has 7 heteroatoms. The summed E-state index contributed by atoms with van der Waals surface area (Å²) in [5.41, 5.74) is 3.04. The van der Waals surface area contributed by atoms with Crippen LogP contribution in [0, 0.1) is 0 Å². The van der Waals surface area contributed by atoms with Crippen LogP contribution in [0.5, 0.6) is 11.5 Å². The predicted molar refractivity (Wildman–Crippen MR) is 116 cm³/mol. The Morgan fingerprint density at radius 3 is 2.57 bits per heavy atom. The number of nitrogens with one attached hydrogen (secondary N) is 2. The highest BCUT2D eigenvalue weighted by Crippen LogP contribution is 2.28. The molecule has 0 aliphatic rings. The molecular weight excluding hydrogens is 380 g/mol. The van der Waals surface area contributed by atoms with Gasteiger partial charge in [0.15, 0.2) is 11.5 Å². The summed E-state index contributed by atoms with van der Waals surface area (Å²) in [4.78, 5) is 12.1. The van der Waals surface area contributed by atoms with E-state index in [1.165, 1.54) is 0 Å². The molecule has 7 nitrogen and oxygen atoms in total. The van der Waals surface area contributed by atoms with Crippen LogP contribution < -0.4 is 20.1 Å². The molecule has 30 heavy (non-hydrogen) atoms. The lowest BCUT2D eigenvalue weighted by Crippen LogP contribution is -2.36. The Balaban J connectivity index is 1.46. The summed E-state index contributed by atoms with van der Waals surface area (Å²) >= 11 is 0. The molecular formula is C23H28N4O3. The molecule has 0 bridgehead atoms. The van der Waals surface area contributed by atoms with Gasteiger partial charge in [-0.25, -0.2) is 9.48 Å². The van der Waals surface area contributed by atoms with Crippen LogP contribution in [0.1, 0.15) is 25.0 Å². The summed E-state index contributed by atoms with van der Waals surface area (Å²) in [5.74, 6) is 1.48. The van der Waals surface area contributed by atoms with E-state index in [2.05, 4.69) is 15.7 Å². The molecule has 2 amide bonds. The summed E-state index contributed by atoms with van der Waals surface area (Å²) in [5, 5.41) is 10.0. The molecule has 0 aliphatic carbocycles. The number of hydrogen-bond acceptors (Lipinski definition) is 4. The fraction of sp³-hybridized carbons (Fsp3) is 0.304. The highest BCUT2D eigenvalue weighted by atomic mass is 16.5. The lowest BCUT2D eigenvalue weighted by molar-refractivity contribution is 0.240. The molecule has 3 aromatic rings. The van der Waals surface area contributed by atoms with Gasteiger partial charge in [-0.15, -0.1) is 0 Å². The van der Waals surface area contributed by atoms with Crippen LogP contribution in [0.3, 0.4) is 0 Å². The normalized spacial score (nSPS) is 10.5. The minimum absolute atomic E-state index is 0.199. The maximum absolute atomic E-state index is 12.1. The van der Waals surface area contributed by atoms with Gasteiger partial charge in [0, 0.05) is 25.5 Å². The molecule has 158 valence electrons. The van der Waals surface area contributed by atoms with E-state index in [9.17, 15) is 4.79 Å². The fourth-order valence-electron chi connectivity index (χ4n) is 3.05. The van der Waals surface area contributed by atoms with Crippen molar-refractivity contribution in [3.63, 3.8) is 0 Å². The van der Waals surface area contributed by atoms with Gasteiger partial charge in [0.05, 0.1) is 18.9 Å². The summed E-state index contributed by atoms with van der Waals surface area (Å²) < 4.78 is 13.0. The molecule has 0 fully saturated rings. The monoisotopic (exact) mass is 408 g/mol. The van der Waals surface area contributed by atoms with Crippen molar-refractivity contribution in [2.75, 3.05) is 19.8 Å². The summed E-state index contributed by atoms with van der Waals surface area (Å²) in [6.45, 7) is 6.02. The van der Waals surface area contributed by atoms with E-state index >= 15 is 0 Å². The maximum atomic E-state index is 12.1. The molecule has 0 atom stereocenters. The number of aromatic nitrogens is 2. The van der Waals surface area contributed by atoms with E-state index in [0.717, 1.165) is 28.3 Å². The van der Waals surface area contributed by atoms with E-state index in [1.807, 2.05) is 68.6 Å². The zero-order valence-corrected chi connectivity index (χ0v) is 17.4. The Labute approximate surface area is 177 Å². The number of amides is 2. The van der Waals surface area contributed by atoms with Gasteiger partial charge in [0.2, 0.25) is 0 Å². The van der Waals surface area contributed by atoms with Crippen molar-refractivity contribution in [2.24, 2.45) is 0 Å². The second-order valence-corrected chi connectivity index (χ2v) is 6.63. The molecule has 3 rings (SSSR count). The Kier molecular flexibility index (Phi) is 7.71. The number of benzene rings is 2. The lowest BCUT2D eigenvalue weighted by Gasteiger charge is -2.13. The fourth-order valence-corrected chi connectivity index (χ4v) is 3.05. The van der Waals surface area contributed by atoms with Crippen LogP contribution in [-0.4, -0.2) is 35.6 Å². The van der Waals surface area contributed by atoms with Crippen LogP contribution in [0.15, 0.2) is 60.9 Å². The minimum atomic E-state index is -0.199. The first kappa shape index (κ1) is 21.2. The maximum Gasteiger partial charge on any atom is 0.315 e. The highest BCUT2D eigenvalue weighted by molar-refractivity contribution is 5.73. The predicted octanol–water partition coefficient (Wildman–Crippen LogP) is 3.71. The minimum Gasteiger partial charge on any atom is -0.490 e. The lowest BCUT2D eigenvalue weighted by atomic mass is 10.1. The van der Waals surface area contributed by atoms with Crippen molar-refractivity contribution in [3.05, 3.63) is 72.1 Å². The van der Waals surface area contributed by atoms with Crippen LogP contribution in [0.4, 0.5) is 4.79 Å². The largest absolute Gasteiger partial charge is 0.490 e. The Bertz CT molecular complexity index is 941. The van der Waals surface area contributed by atoms with E-state index < -0.39 is 0 Å². The van der Waals surface area contributed by atoms with Crippen LogP contribution >= 0.6 is 0 Å². The number of nitrogens with zero attached hydrogens (tertiary/aromatic N) is 2. The molecule has 0 radical (unpaired) electrons. The molecule has 0 unspecified atom stereocenters. The smallest absolute Gasteiger partial charge is 0.315 e. The first-order chi connectivity index (χ1) is 14.7. The second-order valence-electron chi connectivity index (χ2n) is 6.63. The number of carbonyl (C=O) groups is 1. The summed E-state index contributed by atoms with van der Waals surface area (Å²) in [6, 6.07) is 15.5. The number of hydrogen-bond donors (Lipinski definition) is 2. The molecule has 1 heterocycles. The van der Waals surface area contributed by atoms with Gasteiger partial charge in [0.1, 0.15) is 0 Å². The second kappa shape index (κ2) is 10.9. The van der Waals surface area contributed by atoms with Crippen LogP contribution in [0.25, 0.3) is 5.69 Å². The highest BCUT2D eigenvalue weighted by Gasteiger charge is 2.07. The van der Waals surface area contributed by atoms with Gasteiger partial charge in [-0.1, -0.05) is 18.2 Å². The molecule has 0 saturated carbocycles. The Morgan fingerprint density at radius 1 is 0.967 bits per heavy atom. The van der Waals surface area contributed by atoms with Crippen molar-refractivity contribution in [2.45, 2.75) is 26.8 Å². The molecule has 2 N–H and O–H groups in total. The van der Waals surface area contributed by atoms with Gasteiger partial charge in [0.25, 0.3) is 0 Å². The number of carbonyl (C=O) groups excluding carboxylic acids is 1. The molecule has 0 aliphatic heterocycles. The number of urea groups is 1. The third-order valence-corrected chi connectivity index (χ3v) is 4.44. The van der Waals surface area contributed by atoms with Crippen molar-refractivity contribution in [1.82, 2.24) is 20.4 Å². The third kappa shape index (κ3) is 6.01. The van der Waals surface area contributed by atoms with E-state index in [0.29, 0.717) is 32.7 Å². The number of rotatable bonds is 10. The quantitative estimate of drug-likeness (QED) is 0.536. The van der Waals surface area contributed by atoms with E-state index in [1.54, 1.807) is 10.9 Å². The zero-order chi connectivity index (χ0) is 21.2. The molecule has 1 aromatic heterocycles. The number of ether oxygens (including phenoxy) is 2. The van der Waals surface area contributed by atoms with Gasteiger partial charge >= 0.3 is 6.03 Å². The van der Waals surface area contributed by atoms with Gasteiger partial charge in [-0.2, -0.15) is 5.10 Å². The van der Waals surface area contributed by atoms with E-state index in [4.69, 9.17) is 9.47 Å². The van der Waals surface area contributed by atoms with Crippen LogP contribution in [0.2, 0.25) is 0 Å². The van der Waals surface area contributed by atoms with Crippen molar-refractivity contribution in [3.8, 4) is 17.2 Å². The third-order valence-electron chi connectivity index (χ3n) is 4.44. The van der Waals surface area contributed by atoms with Gasteiger partial charge < -0.3 is 20.1 Å². The van der Waals surface area contributed by atoms with Crippen molar-refractivity contribution < 1.29 is 14.3 Å². The van der Waals surface area contributed by atoms with Crippen molar-refractivity contribution >= 4 is 6.03 Å². The van der Waals surface area contributed by atoms with E-state index in [-0.39, 0.29) is 6.03 Å². The summed E-state index contributed by atoms with van der Waals surface area (Å²) in [7, 11) is 0. The zero-order valence-electron chi connectivity index (χ0n) is 17.4. The van der Waals surface area contributed by atoms with Gasteiger partial charge in [-0.05, 0) is 61.7 Å². The van der Waals surface area contributed by atoms with Gasteiger partial charge in [-0.3, -0.25) is 0 Å². The topological polar surface area (TPSA) is 77.4 Å². The molecule has 2 aromatic carbocycles. The Morgan fingerprint density at radius 2 is 1.80 bits per heavy atom. The average Bonchev–Trinajstić information content (AvgIpc) is 3.30. The first-order valence-corrected chi connectivity index (χ1v) is 10.2. The SMILES string of the molecule is CCOc1ccc(CCNC(=O)NCc2cccc(-n3cccn3)c2)cc1OCC. The average molecular weight is 409 g/mol. The molecule has 0 saturated heterocycles. The molecule has 0 spiro atoms.